The summed E-state index contributed by atoms with van der Waals surface area (Å²) in [6.07, 6.45) is 6.91. The summed E-state index contributed by atoms with van der Waals surface area (Å²) in [5, 5.41) is 0. The molecule has 0 aromatic heterocycles. The molecule has 5 rings (SSSR count). The number of carbonyl (C=O) groups excluding carboxylic acids is 2. The number of methoxy groups -OCH3 is 1. The van der Waals surface area contributed by atoms with Crippen LogP contribution in [0.15, 0.2) is 29.2 Å². The molecule has 1 aromatic rings. The molecular formula is C20H26N2O3S. The molecule has 0 radical (unpaired) electrons. The Hall–Kier alpha value is -1.69. The standard InChI is InChI=1S/C20H26N2O3S/c1-25-16-2-4-17(5-3-16)26-12-18(23)21-22-19(24)20-9-13-6-14(10-20)8-15(7-13)11-20/h2-5,13-15H,6-12H2,1H3,(H,21,23)(H,22,24). The number of benzene rings is 1. The van der Waals surface area contributed by atoms with E-state index in [0.717, 1.165) is 29.9 Å². The molecule has 2 N–H and O–H groups in total. The van der Waals surface area contributed by atoms with E-state index in [-0.39, 0.29) is 23.0 Å². The van der Waals surface area contributed by atoms with Gasteiger partial charge in [0.1, 0.15) is 5.75 Å². The Morgan fingerprint density at radius 2 is 1.62 bits per heavy atom. The van der Waals surface area contributed by atoms with E-state index in [2.05, 4.69) is 10.9 Å². The summed E-state index contributed by atoms with van der Waals surface area (Å²) in [5.41, 5.74) is 5.11. The molecule has 2 amide bonds. The van der Waals surface area contributed by atoms with Crippen molar-refractivity contribution in [2.24, 2.45) is 23.2 Å². The minimum atomic E-state index is -0.231. The second kappa shape index (κ2) is 7.14. The van der Waals surface area contributed by atoms with E-state index in [1.165, 1.54) is 31.0 Å². The molecule has 0 atom stereocenters. The molecule has 26 heavy (non-hydrogen) atoms. The lowest BCUT2D eigenvalue weighted by atomic mass is 9.49. The lowest BCUT2D eigenvalue weighted by Crippen LogP contribution is -2.56. The maximum atomic E-state index is 12.8. The SMILES string of the molecule is COc1ccc(SCC(=O)NNC(=O)C23CC4CC(CC(C4)C2)C3)cc1. The number of rotatable bonds is 5. The third-order valence-corrected chi connectivity index (χ3v) is 7.28. The largest absolute Gasteiger partial charge is 0.497 e. The van der Waals surface area contributed by atoms with E-state index in [0.29, 0.717) is 17.8 Å². The first-order chi connectivity index (χ1) is 12.6. The molecule has 4 aliphatic carbocycles. The van der Waals surface area contributed by atoms with Crippen molar-refractivity contribution >= 4 is 23.6 Å². The van der Waals surface area contributed by atoms with Gasteiger partial charge >= 0.3 is 0 Å². The van der Waals surface area contributed by atoms with Crippen LogP contribution in [-0.2, 0) is 9.59 Å². The van der Waals surface area contributed by atoms with Crippen LogP contribution in [0.3, 0.4) is 0 Å². The first kappa shape index (κ1) is 17.7. The fourth-order valence-electron chi connectivity index (χ4n) is 5.50. The Labute approximate surface area is 158 Å². The molecule has 0 saturated heterocycles. The third kappa shape index (κ3) is 3.56. The Bertz CT molecular complexity index is 654. The summed E-state index contributed by atoms with van der Waals surface area (Å²) >= 11 is 1.44. The number of hydrazine groups is 1. The Morgan fingerprint density at radius 3 is 2.15 bits per heavy atom. The molecule has 0 unspecified atom stereocenters. The predicted molar refractivity (Wildman–Crippen MR) is 101 cm³/mol. The van der Waals surface area contributed by atoms with Gasteiger partial charge in [0.05, 0.1) is 18.3 Å². The van der Waals surface area contributed by atoms with Gasteiger partial charge in [-0.3, -0.25) is 20.4 Å². The number of hydrogen-bond donors (Lipinski definition) is 2. The zero-order valence-electron chi connectivity index (χ0n) is 15.1. The van der Waals surface area contributed by atoms with Gasteiger partial charge in [-0.05, 0) is 80.5 Å². The van der Waals surface area contributed by atoms with E-state index in [9.17, 15) is 9.59 Å². The molecule has 0 aliphatic heterocycles. The highest BCUT2D eigenvalue weighted by Crippen LogP contribution is 2.60. The average Bonchev–Trinajstić information content (AvgIpc) is 2.63. The van der Waals surface area contributed by atoms with Crippen molar-refractivity contribution in [2.45, 2.75) is 43.4 Å². The number of carbonyl (C=O) groups is 2. The molecule has 4 saturated carbocycles. The van der Waals surface area contributed by atoms with Crippen LogP contribution in [0.2, 0.25) is 0 Å². The van der Waals surface area contributed by atoms with E-state index >= 15 is 0 Å². The summed E-state index contributed by atoms with van der Waals surface area (Å²) in [5.74, 6) is 3.06. The number of hydrogen-bond acceptors (Lipinski definition) is 4. The zero-order valence-corrected chi connectivity index (χ0v) is 15.9. The third-order valence-electron chi connectivity index (χ3n) is 6.26. The predicted octanol–water partition coefficient (Wildman–Crippen LogP) is 3.15. The molecule has 4 aliphatic rings. The maximum absolute atomic E-state index is 12.8. The van der Waals surface area contributed by atoms with Crippen LogP contribution < -0.4 is 15.6 Å². The second-order valence-corrected chi connectivity index (χ2v) is 9.21. The van der Waals surface area contributed by atoms with Crippen LogP contribution in [0.5, 0.6) is 5.75 Å². The van der Waals surface area contributed by atoms with Crippen LogP contribution in [0.25, 0.3) is 0 Å². The van der Waals surface area contributed by atoms with Crippen LogP contribution in [-0.4, -0.2) is 24.7 Å². The number of amides is 2. The van der Waals surface area contributed by atoms with Crippen LogP contribution in [0.4, 0.5) is 0 Å². The smallest absolute Gasteiger partial charge is 0.248 e. The zero-order chi connectivity index (χ0) is 18.1. The minimum Gasteiger partial charge on any atom is -0.497 e. The Balaban J connectivity index is 1.26. The monoisotopic (exact) mass is 374 g/mol. The normalized spacial score (nSPS) is 31.5. The topological polar surface area (TPSA) is 67.4 Å². The van der Waals surface area contributed by atoms with Gasteiger partial charge in [0.15, 0.2) is 0 Å². The van der Waals surface area contributed by atoms with Gasteiger partial charge in [-0.2, -0.15) is 0 Å². The molecule has 4 fully saturated rings. The van der Waals surface area contributed by atoms with Crippen LogP contribution >= 0.6 is 11.8 Å². The van der Waals surface area contributed by atoms with Gasteiger partial charge in [0, 0.05) is 4.90 Å². The van der Waals surface area contributed by atoms with Gasteiger partial charge < -0.3 is 4.74 Å². The van der Waals surface area contributed by atoms with E-state index < -0.39 is 0 Å². The summed E-state index contributed by atoms with van der Waals surface area (Å²) < 4.78 is 5.12. The fraction of sp³-hybridized carbons (Fsp3) is 0.600. The van der Waals surface area contributed by atoms with Crippen LogP contribution in [0, 0.1) is 23.2 Å². The number of ether oxygens (including phenoxy) is 1. The summed E-state index contributed by atoms with van der Waals surface area (Å²) in [7, 11) is 1.63. The molecule has 4 bridgehead atoms. The Morgan fingerprint density at radius 1 is 1.04 bits per heavy atom. The fourth-order valence-corrected chi connectivity index (χ4v) is 6.20. The minimum absolute atomic E-state index is 0.0272. The molecule has 0 spiro atoms. The molecule has 140 valence electrons. The van der Waals surface area contributed by atoms with Gasteiger partial charge in [0.2, 0.25) is 11.8 Å². The summed E-state index contributed by atoms with van der Waals surface area (Å²) in [4.78, 5) is 25.9. The van der Waals surface area contributed by atoms with Gasteiger partial charge in [0.25, 0.3) is 0 Å². The van der Waals surface area contributed by atoms with Crippen molar-refractivity contribution in [1.82, 2.24) is 10.9 Å². The lowest BCUT2D eigenvalue weighted by molar-refractivity contribution is -0.148. The Kier molecular flexibility index (Phi) is 4.86. The van der Waals surface area contributed by atoms with Crippen molar-refractivity contribution in [3.05, 3.63) is 24.3 Å². The van der Waals surface area contributed by atoms with Crippen molar-refractivity contribution in [2.75, 3.05) is 12.9 Å². The highest BCUT2D eigenvalue weighted by atomic mass is 32.2. The second-order valence-electron chi connectivity index (χ2n) is 8.16. The molecule has 1 aromatic carbocycles. The van der Waals surface area contributed by atoms with E-state index in [4.69, 9.17) is 4.74 Å². The van der Waals surface area contributed by atoms with E-state index in [1.807, 2.05) is 24.3 Å². The lowest BCUT2D eigenvalue weighted by Gasteiger charge is -2.55. The molecule has 5 nitrogen and oxygen atoms in total. The van der Waals surface area contributed by atoms with Crippen molar-refractivity contribution in [3.8, 4) is 5.75 Å². The quantitative estimate of drug-likeness (QED) is 0.614. The average molecular weight is 375 g/mol. The van der Waals surface area contributed by atoms with Gasteiger partial charge in [-0.1, -0.05) is 0 Å². The van der Waals surface area contributed by atoms with Crippen LogP contribution in [0.1, 0.15) is 38.5 Å². The van der Waals surface area contributed by atoms with Gasteiger partial charge in [-0.25, -0.2) is 0 Å². The molecule has 0 heterocycles. The highest BCUT2D eigenvalue weighted by Gasteiger charge is 2.54. The van der Waals surface area contributed by atoms with E-state index in [1.54, 1.807) is 7.11 Å². The molecular weight excluding hydrogens is 348 g/mol. The number of thioether (sulfide) groups is 1. The molecule has 6 heteroatoms. The summed E-state index contributed by atoms with van der Waals surface area (Å²) in [6.45, 7) is 0. The highest BCUT2D eigenvalue weighted by molar-refractivity contribution is 8.00. The summed E-state index contributed by atoms with van der Waals surface area (Å²) in [6, 6.07) is 7.58. The maximum Gasteiger partial charge on any atom is 0.248 e. The van der Waals surface area contributed by atoms with Crippen molar-refractivity contribution in [1.29, 1.82) is 0 Å². The first-order valence-electron chi connectivity index (χ1n) is 9.42. The first-order valence-corrected chi connectivity index (χ1v) is 10.4. The van der Waals surface area contributed by atoms with Crippen molar-refractivity contribution < 1.29 is 14.3 Å². The number of nitrogens with one attached hydrogen (secondary N) is 2. The van der Waals surface area contributed by atoms with Gasteiger partial charge in [-0.15, -0.1) is 11.8 Å². The van der Waals surface area contributed by atoms with Crippen molar-refractivity contribution in [3.63, 3.8) is 0 Å².